The minimum Gasteiger partial charge on any atom is -0.479 e. The first-order valence-electron chi connectivity index (χ1n) is 18.4. The highest BCUT2D eigenvalue weighted by Crippen LogP contribution is 2.52. The number of aliphatic carboxylic acids is 1. The minimum atomic E-state index is -4.98. The van der Waals surface area contributed by atoms with Gasteiger partial charge in [-0.2, -0.15) is 13.2 Å². The van der Waals surface area contributed by atoms with Gasteiger partial charge in [0.1, 0.15) is 5.54 Å². The molecule has 1 aromatic carbocycles. The molecule has 4 fully saturated rings. The number of hydrogen-bond donors (Lipinski definition) is 2. The predicted octanol–water partition coefficient (Wildman–Crippen LogP) is 5.95. The van der Waals surface area contributed by atoms with Crippen molar-refractivity contribution < 1.29 is 32.6 Å². The van der Waals surface area contributed by atoms with Crippen molar-refractivity contribution in [3.05, 3.63) is 65.2 Å². The maximum absolute atomic E-state index is 14.7. The number of benzene rings is 1. The lowest BCUT2D eigenvalue weighted by molar-refractivity contribution is -0.146. The number of aromatic nitrogens is 4. The fraction of sp³-hybridized carbons (Fsp3) is 0.579. The van der Waals surface area contributed by atoms with Crippen molar-refractivity contribution in [3.63, 3.8) is 0 Å². The van der Waals surface area contributed by atoms with Crippen LogP contribution in [0.25, 0.3) is 0 Å². The highest BCUT2D eigenvalue weighted by molar-refractivity contribution is 5.99. The molecule has 5 aliphatic rings. The van der Waals surface area contributed by atoms with E-state index in [0.717, 1.165) is 62.2 Å². The molecular formula is C38H44F3N7O4. The number of nitrogens with zero attached hydrogens (tertiary/aromatic N) is 6. The molecule has 3 aliphatic heterocycles. The zero-order valence-electron chi connectivity index (χ0n) is 29.2. The van der Waals surface area contributed by atoms with Crippen LogP contribution in [0.2, 0.25) is 0 Å². The molecule has 2 aromatic heterocycles. The Labute approximate surface area is 300 Å². The third-order valence-corrected chi connectivity index (χ3v) is 12.4. The number of carboxylic acids is 1. The minimum absolute atomic E-state index is 0.0990. The number of halogens is 3. The molecule has 0 radical (unpaired) electrons. The molecule has 1 spiro atoms. The van der Waals surface area contributed by atoms with Crippen molar-refractivity contribution in [3.8, 4) is 0 Å². The second-order valence-electron chi connectivity index (χ2n) is 15.8. The van der Waals surface area contributed by atoms with Gasteiger partial charge in [0.2, 0.25) is 11.9 Å². The molecule has 52 heavy (non-hydrogen) atoms. The van der Waals surface area contributed by atoms with Gasteiger partial charge in [-0.3, -0.25) is 4.79 Å². The van der Waals surface area contributed by atoms with Crippen LogP contribution in [-0.2, 0) is 27.5 Å². The number of amides is 1. The number of ether oxygens (including phenoxy) is 1. The van der Waals surface area contributed by atoms with E-state index in [9.17, 15) is 27.9 Å². The van der Waals surface area contributed by atoms with E-state index in [1.165, 1.54) is 5.56 Å². The summed E-state index contributed by atoms with van der Waals surface area (Å²) in [6.45, 7) is 5.26. The van der Waals surface area contributed by atoms with Gasteiger partial charge < -0.3 is 25.0 Å². The largest absolute Gasteiger partial charge is 0.479 e. The number of fused-ring (bicyclic) bond motifs is 4. The monoisotopic (exact) mass is 719 g/mol. The fourth-order valence-corrected chi connectivity index (χ4v) is 9.90. The number of alkyl halides is 3. The lowest BCUT2D eigenvalue weighted by atomic mass is 9.75. The first-order chi connectivity index (χ1) is 24.9. The summed E-state index contributed by atoms with van der Waals surface area (Å²) >= 11 is 0. The van der Waals surface area contributed by atoms with Crippen molar-refractivity contribution in [2.24, 2.45) is 23.7 Å². The molecule has 2 N–H and O–H groups in total. The topological polar surface area (TPSA) is 134 Å². The summed E-state index contributed by atoms with van der Waals surface area (Å²) in [6, 6.07) is 8.04. The Morgan fingerprint density at radius 3 is 2.50 bits per heavy atom. The highest BCUT2D eigenvalue weighted by atomic mass is 19.4. The summed E-state index contributed by atoms with van der Waals surface area (Å²) < 4.78 is 49.9. The maximum Gasteiger partial charge on any atom is 0.434 e. The van der Waals surface area contributed by atoms with Crippen molar-refractivity contribution in [2.75, 3.05) is 42.6 Å². The number of carbonyl (C=O) groups is 2. The van der Waals surface area contributed by atoms with Gasteiger partial charge in [-0.25, -0.2) is 24.7 Å². The molecule has 2 aliphatic carbocycles. The summed E-state index contributed by atoms with van der Waals surface area (Å²) in [6.07, 6.45) is 6.01. The number of carboxylic acid groups (broad SMARTS) is 1. The van der Waals surface area contributed by atoms with E-state index >= 15 is 0 Å². The van der Waals surface area contributed by atoms with Gasteiger partial charge in [0.25, 0.3) is 5.91 Å². The van der Waals surface area contributed by atoms with Crippen molar-refractivity contribution in [2.45, 2.75) is 81.8 Å². The predicted molar refractivity (Wildman–Crippen MR) is 185 cm³/mol. The van der Waals surface area contributed by atoms with Gasteiger partial charge >= 0.3 is 12.1 Å². The van der Waals surface area contributed by atoms with Crippen molar-refractivity contribution in [1.29, 1.82) is 0 Å². The summed E-state index contributed by atoms with van der Waals surface area (Å²) in [5, 5.41) is 12.9. The van der Waals surface area contributed by atoms with Gasteiger partial charge in [-0.15, -0.1) is 0 Å². The second kappa shape index (κ2) is 13.3. The van der Waals surface area contributed by atoms with Crippen LogP contribution in [0, 0.1) is 23.7 Å². The van der Waals surface area contributed by atoms with Crippen molar-refractivity contribution >= 4 is 29.5 Å². The molecule has 5 heterocycles. The summed E-state index contributed by atoms with van der Waals surface area (Å²) in [4.78, 5) is 47.4. The molecule has 11 nitrogen and oxygen atoms in total. The normalized spacial score (nSPS) is 27.1. The van der Waals surface area contributed by atoms with E-state index in [2.05, 4.69) is 36.2 Å². The van der Waals surface area contributed by atoms with Crippen LogP contribution in [0.3, 0.4) is 0 Å². The Bertz CT molecular complexity index is 1830. The smallest absolute Gasteiger partial charge is 0.434 e. The lowest BCUT2D eigenvalue weighted by Gasteiger charge is -2.34. The molecule has 1 amide bonds. The Morgan fingerprint density at radius 2 is 1.79 bits per heavy atom. The van der Waals surface area contributed by atoms with Crippen LogP contribution >= 0.6 is 0 Å². The Hall–Kier alpha value is -4.33. The van der Waals surface area contributed by atoms with Gasteiger partial charge in [0.15, 0.2) is 5.69 Å². The zero-order chi connectivity index (χ0) is 36.3. The number of piperidine rings is 1. The lowest BCUT2D eigenvalue weighted by Crippen LogP contribution is -2.57. The quantitative estimate of drug-likeness (QED) is 0.302. The molecular weight excluding hydrogens is 675 g/mol. The molecule has 2 bridgehead atoms. The van der Waals surface area contributed by atoms with Crippen LogP contribution in [0.4, 0.5) is 30.8 Å². The van der Waals surface area contributed by atoms with E-state index in [-0.39, 0.29) is 35.5 Å². The van der Waals surface area contributed by atoms with Crippen LogP contribution in [0.15, 0.2) is 42.9 Å². The van der Waals surface area contributed by atoms with Crippen LogP contribution in [-0.4, -0.2) is 75.3 Å². The van der Waals surface area contributed by atoms with Gasteiger partial charge in [-0.05, 0) is 105 Å². The maximum atomic E-state index is 14.7. The van der Waals surface area contributed by atoms with E-state index < -0.39 is 34.8 Å². The third-order valence-electron chi connectivity index (χ3n) is 12.4. The number of anilines is 3. The number of carbonyl (C=O) groups excluding carboxylic acids is 1. The highest BCUT2D eigenvalue weighted by Gasteiger charge is 2.57. The Morgan fingerprint density at radius 1 is 1.04 bits per heavy atom. The molecule has 2 saturated carbocycles. The van der Waals surface area contributed by atoms with E-state index in [1.54, 1.807) is 17.3 Å². The van der Waals surface area contributed by atoms with Crippen molar-refractivity contribution in [1.82, 2.24) is 25.3 Å². The van der Waals surface area contributed by atoms with Gasteiger partial charge in [0.05, 0.1) is 5.56 Å². The Kier molecular flexibility index (Phi) is 8.86. The average molecular weight is 720 g/mol. The van der Waals surface area contributed by atoms with E-state index in [1.807, 2.05) is 25.1 Å². The summed E-state index contributed by atoms with van der Waals surface area (Å²) in [7, 11) is 0. The standard InChI is InChI=1S/C38H44F3N7O4/c1-23-15-26-18-27(16-23)37(20-26,33(50)51)46-32(49)28-21-44-35(45-31(28)38(39,40)41)48-22-36(7-13-52-14-8-36)29-19-25(3-4-30(29)48)17-24-5-11-47(12-6-24)34-42-9-2-10-43-34/h2-4,9-10,19,21,23-24,26-27H,5-8,11-18,20,22H2,1H3,(H,46,49)(H,50,51). The SMILES string of the molecule is CC1CC2CC(C1)C(NC(=O)c1cnc(N3CC4(CCOCC4)c4cc(CC5CCN(c6ncccn6)CC5)ccc43)nc1C(F)(F)F)(C(=O)O)C2. The third kappa shape index (κ3) is 6.26. The molecule has 8 rings (SSSR count). The Balaban J connectivity index is 1.06. The fourth-order valence-electron chi connectivity index (χ4n) is 9.90. The number of rotatable bonds is 7. The summed E-state index contributed by atoms with van der Waals surface area (Å²) in [5.74, 6) is -1.22. The molecule has 276 valence electrons. The molecule has 3 aromatic rings. The first-order valence-corrected chi connectivity index (χ1v) is 18.4. The number of hydrogen-bond acceptors (Lipinski definition) is 9. The molecule has 14 heteroatoms. The zero-order valence-corrected chi connectivity index (χ0v) is 29.2. The van der Waals surface area contributed by atoms with Crippen LogP contribution in [0.1, 0.15) is 85.5 Å². The second-order valence-corrected chi connectivity index (χ2v) is 15.8. The number of nitrogens with one attached hydrogen (secondary N) is 1. The van der Waals surface area contributed by atoms with Crippen LogP contribution < -0.4 is 15.1 Å². The van der Waals surface area contributed by atoms with Gasteiger partial charge in [-0.1, -0.05) is 19.1 Å². The molecule has 4 atom stereocenters. The average Bonchev–Trinajstić information content (AvgIpc) is 3.58. The van der Waals surface area contributed by atoms with Gasteiger partial charge in [0, 0.05) is 62.5 Å². The summed E-state index contributed by atoms with van der Waals surface area (Å²) in [5.41, 5.74) is -1.11. The molecule has 4 unspecified atom stereocenters. The van der Waals surface area contributed by atoms with E-state index in [0.29, 0.717) is 51.4 Å². The molecule has 2 saturated heterocycles. The van der Waals surface area contributed by atoms with Crippen LogP contribution in [0.5, 0.6) is 0 Å². The van der Waals surface area contributed by atoms with E-state index in [4.69, 9.17) is 4.74 Å². The first kappa shape index (κ1) is 34.7.